The number of aromatic nitrogens is 2. The van der Waals surface area contributed by atoms with Gasteiger partial charge in [-0.3, -0.25) is 19.2 Å². The molecule has 32 heavy (non-hydrogen) atoms. The lowest BCUT2D eigenvalue weighted by atomic mass is 10.1. The zero-order valence-electron chi connectivity index (χ0n) is 18.3. The molecule has 0 aliphatic carbocycles. The molecule has 0 aliphatic rings. The van der Waals surface area contributed by atoms with Crippen molar-refractivity contribution < 1.29 is 14.4 Å². The molecule has 0 aliphatic heterocycles. The summed E-state index contributed by atoms with van der Waals surface area (Å²) >= 11 is 0. The number of anilines is 2. The minimum absolute atomic E-state index is 0.0357. The molecule has 2 N–H and O–H groups in total. The number of Topliss-reactive ketones (excluding diaryl/α,β-unsaturated/α-hetero) is 1. The Bertz CT molecular complexity index is 1230. The number of ketones is 1. The van der Waals surface area contributed by atoms with E-state index >= 15 is 0 Å². The van der Waals surface area contributed by atoms with Crippen LogP contribution in [0.15, 0.2) is 59.4 Å². The first kappa shape index (κ1) is 22.6. The van der Waals surface area contributed by atoms with Crippen LogP contribution in [-0.2, 0) is 9.59 Å². The van der Waals surface area contributed by atoms with Crippen LogP contribution in [0.2, 0.25) is 0 Å². The average molecular weight is 432 g/mol. The largest absolute Gasteiger partial charge is 0.324 e. The molecule has 8 heteroatoms. The second-order valence-corrected chi connectivity index (χ2v) is 7.54. The van der Waals surface area contributed by atoms with Gasteiger partial charge in [0.25, 0.3) is 5.56 Å². The minimum Gasteiger partial charge on any atom is -0.324 e. The van der Waals surface area contributed by atoms with E-state index in [1.54, 1.807) is 31.2 Å². The van der Waals surface area contributed by atoms with Crippen LogP contribution in [0, 0.1) is 6.92 Å². The third kappa shape index (κ3) is 5.15. The van der Waals surface area contributed by atoms with Gasteiger partial charge >= 0.3 is 0 Å². The van der Waals surface area contributed by atoms with Gasteiger partial charge in [0.05, 0.1) is 5.69 Å². The summed E-state index contributed by atoms with van der Waals surface area (Å²) in [5, 5.41) is 9.63. The number of rotatable bonds is 6. The van der Waals surface area contributed by atoms with Gasteiger partial charge in [-0.05, 0) is 51.1 Å². The van der Waals surface area contributed by atoms with Gasteiger partial charge in [-0.15, -0.1) is 0 Å². The van der Waals surface area contributed by atoms with Crippen molar-refractivity contribution in [1.82, 2.24) is 9.78 Å². The number of amides is 2. The number of carbonyl (C=O) groups excluding carboxylic acids is 3. The predicted molar refractivity (Wildman–Crippen MR) is 123 cm³/mol. The van der Waals surface area contributed by atoms with Crippen molar-refractivity contribution >= 4 is 29.0 Å². The van der Waals surface area contributed by atoms with E-state index in [0.29, 0.717) is 16.9 Å². The Morgan fingerprint density at radius 2 is 1.56 bits per heavy atom. The monoisotopic (exact) mass is 432 g/mol. The molecular formula is C24H24N4O4. The van der Waals surface area contributed by atoms with Crippen molar-refractivity contribution in [2.24, 2.45) is 0 Å². The number of nitrogens with one attached hydrogen (secondary N) is 2. The van der Waals surface area contributed by atoms with Crippen molar-refractivity contribution in [1.29, 1.82) is 0 Å². The molecule has 2 amide bonds. The SMILES string of the molecule is CC(=O)Nc1cc(-c2ccc(C)cc2)nn([C@H](C)C(=O)Nc2ccc(C(C)=O)cc2)c1=O. The van der Waals surface area contributed by atoms with Crippen LogP contribution in [0.25, 0.3) is 11.3 Å². The Balaban J connectivity index is 1.96. The molecule has 0 saturated carbocycles. The van der Waals surface area contributed by atoms with Crippen LogP contribution >= 0.6 is 0 Å². The molecule has 0 spiro atoms. The molecule has 1 atom stereocenters. The van der Waals surface area contributed by atoms with Crippen molar-refractivity contribution in [2.75, 3.05) is 10.6 Å². The minimum atomic E-state index is -0.965. The third-order valence-electron chi connectivity index (χ3n) is 4.90. The highest BCUT2D eigenvalue weighted by atomic mass is 16.2. The molecule has 0 saturated heterocycles. The fraction of sp³-hybridized carbons (Fsp3) is 0.208. The Labute approximate surface area is 185 Å². The average Bonchev–Trinajstić information content (AvgIpc) is 2.75. The maximum atomic E-state index is 12.9. The van der Waals surface area contributed by atoms with Gasteiger partial charge in [0.1, 0.15) is 11.7 Å². The third-order valence-corrected chi connectivity index (χ3v) is 4.90. The van der Waals surface area contributed by atoms with Crippen LogP contribution in [0.4, 0.5) is 11.4 Å². The number of nitrogens with zero attached hydrogens (tertiary/aromatic N) is 2. The first-order valence-electron chi connectivity index (χ1n) is 10.1. The summed E-state index contributed by atoms with van der Waals surface area (Å²) in [5.74, 6) is -0.951. The van der Waals surface area contributed by atoms with Crippen molar-refractivity contribution in [2.45, 2.75) is 33.7 Å². The molecular weight excluding hydrogens is 408 g/mol. The van der Waals surface area contributed by atoms with E-state index in [0.717, 1.165) is 15.8 Å². The lowest BCUT2D eigenvalue weighted by Gasteiger charge is -2.17. The summed E-state index contributed by atoms with van der Waals surface area (Å²) in [6.07, 6.45) is 0. The van der Waals surface area contributed by atoms with E-state index in [1.807, 2.05) is 31.2 Å². The molecule has 2 aromatic carbocycles. The zero-order valence-corrected chi connectivity index (χ0v) is 18.3. The molecule has 1 heterocycles. The standard InChI is InChI=1S/C24H24N4O4/c1-14-5-7-19(8-6-14)21-13-22(25-17(4)30)24(32)28(27-21)15(2)23(31)26-20-11-9-18(10-12-20)16(3)29/h5-13,15H,1-4H3,(H,25,30)(H,26,31)/t15-/m1/s1. The van der Waals surface area contributed by atoms with Crippen LogP contribution < -0.4 is 16.2 Å². The number of hydrogen-bond acceptors (Lipinski definition) is 5. The van der Waals surface area contributed by atoms with Crippen LogP contribution in [0.3, 0.4) is 0 Å². The van der Waals surface area contributed by atoms with Crippen LogP contribution in [-0.4, -0.2) is 27.4 Å². The highest BCUT2D eigenvalue weighted by molar-refractivity contribution is 5.96. The summed E-state index contributed by atoms with van der Waals surface area (Å²) in [4.78, 5) is 48.8. The molecule has 164 valence electrons. The van der Waals surface area contributed by atoms with E-state index in [2.05, 4.69) is 15.7 Å². The normalized spacial score (nSPS) is 11.5. The fourth-order valence-corrected chi connectivity index (χ4v) is 3.07. The summed E-state index contributed by atoms with van der Waals surface area (Å²) < 4.78 is 1.06. The molecule has 0 bridgehead atoms. The second-order valence-electron chi connectivity index (χ2n) is 7.54. The maximum Gasteiger partial charge on any atom is 0.291 e. The van der Waals surface area contributed by atoms with Gasteiger partial charge in [-0.1, -0.05) is 29.8 Å². The van der Waals surface area contributed by atoms with Gasteiger partial charge in [-0.2, -0.15) is 5.10 Å². The van der Waals surface area contributed by atoms with Gasteiger partial charge < -0.3 is 10.6 Å². The van der Waals surface area contributed by atoms with Crippen molar-refractivity contribution in [3.05, 3.63) is 76.1 Å². The van der Waals surface area contributed by atoms with E-state index in [-0.39, 0.29) is 11.5 Å². The topological polar surface area (TPSA) is 110 Å². The number of aryl methyl sites for hydroxylation is 1. The first-order chi connectivity index (χ1) is 15.2. The van der Waals surface area contributed by atoms with Crippen LogP contribution in [0.5, 0.6) is 0 Å². The van der Waals surface area contributed by atoms with Crippen molar-refractivity contribution in [3.8, 4) is 11.3 Å². The Hall–Kier alpha value is -4.07. The van der Waals surface area contributed by atoms with E-state index in [9.17, 15) is 19.2 Å². The highest BCUT2D eigenvalue weighted by Gasteiger charge is 2.21. The van der Waals surface area contributed by atoms with Gasteiger partial charge in [-0.25, -0.2) is 4.68 Å². The Morgan fingerprint density at radius 1 is 0.938 bits per heavy atom. The summed E-state index contributed by atoms with van der Waals surface area (Å²) in [6, 6.07) is 14.5. The fourth-order valence-electron chi connectivity index (χ4n) is 3.07. The Kier molecular flexibility index (Phi) is 6.63. The van der Waals surface area contributed by atoms with Crippen LogP contribution in [0.1, 0.15) is 42.7 Å². The maximum absolute atomic E-state index is 12.9. The number of benzene rings is 2. The number of carbonyl (C=O) groups is 3. The lowest BCUT2D eigenvalue weighted by Crippen LogP contribution is -2.35. The molecule has 3 rings (SSSR count). The molecule has 0 radical (unpaired) electrons. The van der Waals surface area contributed by atoms with E-state index in [1.165, 1.54) is 19.9 Å². The summed E-state index contributed by atoms with van der Waals surface area (Å²) in [7, 11) is 0. The molecule has 8 nitrogen and oxygen atoms in total. The predicted octanol–water partition coefficient (Wildman–Crippen LogP) is 3.58. The lowest BCUT2D eigenvalue weighted by molar-refractivity contribution is -0.119. The smallest absolute Gasteiger partial charge is 0.291 e. The van der Waals surface area contributed by atoms with Gasteiger partial charge in [0.15, 0.2) is 5.78 Å². The van der Waals surface area contributed by atoms with E-state index in [4.69, 9.17) is 0 Å². The van der Waals surface area contributed by atoms with E-state index < -0.39 is 23.4 Å². The summed E-state index contributed by atoms with van der Waals surface area (Å²) in [5.41, 5.74) is 2.70. The zero-order chi connectivity index (χ0) is 23.4. The molecule has 0 fully saturated rings. The molecule has 1 aromatic heterocycles. The first-order valence-corrected chi connectivity index (χ1v) is 10.1. The Morgan fingerprint density at radius 3 is 2.12 bits per heavy atom. The van der Waals surface area contributed by atoms with Gasteiger partial charge in [0, 0.05) is 23.7 Å². The second kappa shape index (κ2) is 9.38. The van der Waals surface area contributed by atoms with Gasteiger partial charge in [0.2, 0.25) is 11.8 Å². The van der Waals surface area contributed by atoms with Crippen molar-refractivity contribution in [3.63, 3.8) is 0 Å². The quantitative estimate of drug-likeness (QED) is 0.579. The molecule has 3 aromatic rings. The summed E-state index contributed by atoms with van der Waals surface area (Å²) in [6.45, 7) is 6.26. The number of hydrogen-bond donors (Lipinski definition) is 2. The molecule has 0 unspecified atom stereocenters. The highest BCUT2D eigenvalue weighted by Crippen LogP contribution is 2.20.